The molecule has 31 heavy (non-hydrogen) atoms. The summed E-state index contributed by atoms with van der Waals surface area (Å²) >= 11 is 1.26. The van der Waals surface area contributed by atoms with Crippen molar-refractivity contribution in [2.24, 2.45) is 5.92 Å². The highest BCUT2D eigenvalue weighted by Gasteiger charge is 2.27. The first-order valence-electron chi connectivity index (χ1n) is 10.3. The molecule has 0 bridgehead atoms. The van der Waals surface area contributed by atoms with Crippen LogP contribution in [-0.4, -0.2) is 46.0 Å². The van der Waals surface area contributed by atoms with E-state index in [2.05, 4.69) is 20.6 Å². The molecule has 3 heterocycles. The zero-order chi connectivity index (χ0) is 21.8. The van der Waals surface area contributed by atoms with Crippen LogP contribution in [-0.2, 0) is 16.1 Å². The van der Waals surface area contributed by atoms with Gasteiger partial charge in [-0.25, -0.2) is 4.98 Å². The molecule has 9 nitrogen and oxygen atoms in total. The fraction of sp³-hybridized carbons (Fsp3) is 0.381. The Balaban J connectivity index is 1.51. The molecule has 1 saturated heterocycles. The van der Waals surface area contributed by atoms with Crippen molar-refractivity contribution in [3.05, 3.63) is 47.0 Å². The van der Waals surface area contributed by atoms with Crippen LogP contribution >= 0.6 is 11.3 Å². The third kappa shape index (κ3) is 4.74. The van der Waals surface area contributed by atoms with E-state index in [1.807, 2.05) is 30.0 Å². The van der Waals surface area contributed by atoms with Gasteiger partial charge in [-0.1, -0.05) is 29.5 Å². The summed E-state index contributed by atoms with van der Waals surface area (Å²) in [4.78, 5) is 48.3. The van der Waals surface area contributed by atoms with Gasteiger partial charge in [0.05, 0.1) is 5.92 Å². The number of fused-ring (bicyclic) bond motifs is 1. The molecule has 0 radical (unpaired) electrons. The van der Waals surface area contributed by atoms with Crippen molar-refractivity contribution in [1.82, 2.24) is 19.9 Å². The van der Waals surface area contributed by atoms with Crippen molar-refractivity contribution in [3.8, 4) is 0 Å². The lowest BCUT2D eigenvalue weighted by molar-refractivity contribution is -0.125. The Morgan fingerprint density at radius 1 is 1.26 bits per heavy atom. The number of amides is 2. The predicted molar refractivity (Wildman–Crippen MR) is 120 cm³/mol. The summed E-state index contributed by atoms with van der Waals surface area (Å²) in [5, 5.41) is 6.32. The van der Waals surface area contributed by atoms with Crippen LogP contribution in [0.4, 0.5) is 10.8 Å². The number of nitrogens with one attached hydrogen (secondary N) is 2. The van der Waals surface area contributed by atoms with Crippen molar-refractivity contribution in [2.45, 2.75) is 26.3 Å². The van der Waals surface area contributed by atoms with Crippen LogP contribution in [0, 0.1) is 5.92 Å². The van der Waals surface area contributed by atoms with E-state index in [4.69, 9.17) is 0 Å². The lowest BCUT2D eigenvalue weighted by Crippen LogP contribution is -2.43. The first-order valence-corrected chi connectivity index (χ1v) is 11.1. The Morgan fingerprint density at radius 3 is 2.84 bits per heavy atom. The number of rotatable bonds is 6. The number of thiazole rings is 1. The Bertz CT molecular complexity index is 1140. The third-order valence-electron chi connectivity index (χ3n) is 5.16. The van der Waals surface area contributed by atoms with Gasteiger partial charge in [0.2, 0.25) is 11.8 Å². The molecular weight excluding hydrogens is 416 g/mol. The van der Waals surface area contributed by atoms with Crippen LogP contribution in [0.25, 0.3) is 10.3 Å². The third-order valence-corrected chi connectivity index (χ3v) is 6.25. The summed E-state index contributed by atoms with van der Waals surface area (Å²) in [6.45, 7) is 3.73. The minimum atomic E-state index is -0.306. The molecule has 3 aromatic rings. The second-order valence-electron chi connectivity index (χ2n) is 7.42. The summed E-state index contributed by atoms with van der Waals surface area (Å²) in [5.74, 6) is -0.342. The first-order chi connectivity index (χ1) is 15.0. The molecule has 2 N–H and O–H groups in total. The average Bonchev–Trinajstić information content (AvgIpc) is 3.22. The molecular formula is C21H24N6O3S. The highest BCUT2D eigenvalue weighted by Crippen LogP contribution is 2.29. The number of hydrogen-bond donors (Lipinski definition) is 2. The van der Waals surface area contributed by atoms with Gasteiger partial charge in [-0.2, -0.15) is 4.98 Å². The standard InChI is InChI=1S/C21H24N6O3S/c1-2-22-19(29)14-7-6-10-26(11-14)21-25-18-17(31-21)20(30)27(13-23-18)12-16(28)24-15-8-4-3-5-9-15/h3-5,8-9,13-14H,2,6-7,10-12H2,1H3,(H,22,29)(H,24,28)/t14-/m0/s1. The molecule has 0 unspecified atom stereocenters. The lowest BCUT2D eigenvalue weighted by Gasteiger charge is -2.31. The van der Waals surface area contributed by atoms with Gasteiger partial charge in [-0.15, -0.1) is 0 Å². The van der Waals surface area contributed by atoms with Crippen LogP contribution in [0.15, 0.2) is 41.5 Å². The molecule has 1 aliphatic rings. The lowest BCUT2D eigenvalue weighted by atomic mass is 9.97. The number of hydrogen-bond acceptors (Lipinski definition) is 7. The van der Waals surface area contributed by atoms with Crippen LogP contribution in [0.5, 0.6) is 0 Å². The number of benzene rings is 1. The molecule has 2 aromatic heterocycles. The minimum absolute atomic E-state index is 0.0539. The number of nitrogens with zero attached hydrogens (tertiary/aromatic N) is 4. The second-order valence-corrected chi connectivity index (χ2v) is 8.40. The van der Waals surface area contributed by atoms with E-state index < -0.39 is 0 Å². The normalized spacial score (nSPS) is 16.3. The van der Waals surface area contributed by atoms with Crippen LogP contribution in [0.1, 0.15) is 19.8 Å². The smallest absolute Gasteiger partial charge is 0.273 e. The quantitative estimate of drug-likeness (QED) is 0.605. The van der Waals surface area contributed by atoms with Crippen LogP contribution in [0.2, 0.25) is 0 Å². The number of piperidine rings is 1. The van der Waals surface area contributed by atoms with Gasteiger partial charge in [0.1, 0.15) is 17.6 Å². The fourth-order valence-corrected chi connectivity index (χ4v) is 4.65. The molecule has 1 aromatic carbocycles. The first kappa shape index (κ1) is 21.0. The maximum absolute atomic E-state index is 12.9. The largest absolute Gasteiger partial charge is 0.356 e. The molecule has 2 amide bonds. The summed E-state index contributed by atoms with van der Waals surface area (Å²) in [6.07, 6.45) is 3.08. The minimum Gasteiger partial charge on any atom is -0.356 e. The summed E-state index contributed by atoms with van der Waals surface area (Å²) < 4.78 is 1.70. The molecule has 1 aliphatic heterocycles. The van der Waals surface area contributed by atoms with Gasteiger partial charge in [0, 0.05) is 25.3 Å². The van der Waals surface area contributed by atoms with Crippen molar-refractivity contribution in [3.63, 3.8) is 0 Å². The number of carbonyl (C=O) groups excluding carboxylic acids is 2. The van der Waals surface area contributed by atoms with E-state index >= 15 is 0 Å². The van der Waals surface area contributed by atoms with Gasteiger partial charge in [-0.3, -0.25) is 19.0 Å². The van der Waals surface area contributed by atoms with E-state index in [1.165, 1.54) is 22.2 Å². The van der Waals surface area contributed by atoms with Gasteiger partial charge < -0.3 is 15.5 Å². The average molecular weight is 441 g/mol. The second kappa shape index (κ2) is 9.25. The monoisotopic (exact) mass is 440 g/mol. The van der Waals surface area contributed by atoms with Crippen molar-refractivity contribution in [2.75, 3.05) is 29.9 Å². The maximum atomic E-state index is 12.9. The maximum Gasteiger partial charge on any atom is 0.273 e. The van der Waals surface area contributed by atoms with Gasteiger partial charge in [-0.05, 0) is 31.9 Å². The Hall–Kier alpha value is -3.27. The Morgan fingerprint density at radius 2 is 2.06 bits per heavy atom. The molecule has 0 aliphatic carbocycles. The van der Waals surface area contributed by atoms with Gasteiger partial charge in [0.25, 0.3) is 5.56 Å². The number of anilines is 2. The highest BCUT2D eigenvalue weighted by atomic mass is 32.1. The van der Waals surface area contributed by atoms with E-state index in [-0.39, 0.29) is 29.8 Å². The zero-order valence-corrected chi connectivity index (χ0v) is 18.0. The fourth-order valence-electron chi connectivity index (χ4n) is 3.64. The van der Waals surface area contributed by atoms with Crippen LogP contribution < -0.4 is 21.1 Å². The van der Waals surface area contributed by atoms with Gasteiger partial charge in [0.15, 0.2) is 10.8 Å². The number of carbonyl (C=O) groups is 2. The number of para-hydroxylation sites is 1. The molecule has 4 rings (SSSR count). The Kier molecular flexibility index (Phi) is 6.26. The van der Waals surface area contributed by atoms with E-state index in [9.17, 15) is 14.4 Å². The number of aromatic nitrogens is 3. The molecule has 0 saturated carbocycles. The van der Waals surface area contributed by atoms with E-state index in [1.54, 1.807) is 12.1 Å². The topological polar surface area (TPSA) is 109 Å². The molecule has 162 valence electrons. The summed E-state index contributed by atoms with van der Waals surface area (Å²) in [6, 6.07) is 9.07. The zero-order valence-electron chi connectivity index (χ0n) is 17.2. The van der Waals surface area contributed by atoms with E-state index in [0.717, 1.165) is 19.4 Å². The van der Waals surface area contributed by atoms with Crippen molar-refractivity contribution < 1.29 is 9.59 Å². The predicted octanol–water partition coefficient (Wildman–Crippen LogP) is 1.84. The molecule has 0 spiro atoms. The molecule has 1 fully saturated rings. The Labute approximate surface area is 183 Å². The molecule has 1 atom stereocenters. The molecule has 10 heteroatoms. The van der Waals surface area contributed by atoms with Crippen LogP contribution in [0.3, 0.4) is 0 Å². The summed E-state index contributed by atoms with van der Waals surface area (Å²) in [7, 11) is 0. The van der Waals surface area contributed by atoms with Crippen molar-refractivity contribution >= 4 is 44.3 Å². The highest BCUT2D eigenvalue weighted by molar-refractivity contribution is 7.22. The van der Waals surface area contributed by atoms with E-state index in [0.29, 0.717) is 34.3 Å². The SMILES string of the molecule is CCNC(=O)[C@H]1CCCN(c2nc3ncn(CC(=O)Nc4ccccc4)c(=O)c3s2)C1. The van der Waals surface area contributed by atoms with Gasteiger partial charge >= 0.3 is 0 Å². The van der Waals surface area contributed by atoms with Crippen molar-refractivity contribution in [1.29, 1.82) is 0 Å². The summed E-state index contributed by atoms with van der Waals surface area (Å²) in [5.41, 5.74) is 0.737.